The number of nitrogens with zero attached hydrogens (tertiary/aromatic N) is 2. The number of carbonyl (C=O) groups is 1. The van der Waals surface area contributed by atoms with Gasteiger partial charge in [0.1, 0.15) is 5.76 Å². The second kappa shape index (κ2) is 6.44. The Bertz CT molecular complexity index is 910. The molecule has 1 saturated carbocycles. The highest BCUT2D eigenvalue weighted by Gasteiger charge is 2.34. The number of anilines is 1. The number of amides is 1. The van der Waals surface area contributed by atoms with Crippen molar-refractivity contribution in [3.63, 3.8) is 0 Å². The molecule has 0 unspecified atom stereocenters. The van der Waals surface area contributed by atoms with Crippen LogP contribution in [0.5, 0.6) is 0 Å². The van der Waals surface area contributed by atoms with E-state index in [1.54, 1.807) is 0 Å². The van der Waals surface area contributed by atoms with Gasteiger partial charge < -0.3 is 4.42 Å². The van der Waals surface area contributed by atoms with Crippen LogP contribution < -0.4 is 5.32 Å². The minimum absolute atomic E-state index is 0.246. The zero-order chi connectivity index (χ0) is 17.4. The highest BCUT2D eigenvalue weighted by Crippen LogP contribution is 2.43. The van der Waals surface area contributed by atoms with Crippen molar-refractivity contribution in [3.05, 3.63) is 52.4 Å². The Morgan fingerprint density at radius 3 is 2.68 bits per heavy atom. The molecule has 5 nitrogen and oxygen atoms in total. The highest BCUT2D eigenvalue weighted by molar-refractivity contribution is 7.15. The molecule has 2 heterocycles. The van der Waals surface area contributed by atoms with Gasteiger partial charge in [-0.3, -0.25) is 10.1 Å². The number of hydrogen-bond acceptors (Lipinski definition) is 5. The van der Waals surface area contributed by atoms with Gasteiger partial charge >= 0.3 is 0 Å². The van der Waals surface area contributed by atoms with Crippen LogP contribution in [0.4, 0.5) is 5.13 Å². The molecule has 0 saturated heterocycles. The highest BCUT2D eigenvalue weighted by atomic mass is 32.1. The fraction of sp³-hybridized carbons (Fsp3) is 0.316. The Labute approximate surface area is 150 Å². The molecule has 1 fully saturated rings. The fourth-order valence-electron chi connectivity index (χ4n) is 2.79. The van der Waals surface area contributed by atoms with Gasteiger partial charge in [-0.25, -0.2) is 9.97 Å². The average molecular weight is 353 g/mol. The largest absolute Gasteiger partial charge is 0.440 e. The first-order valence-electron chi connectivity index (χ1n) is 8.49. The predicted molar refractivity (Wildman–Crippen MR) is 98.1 cm³/mol. The molecule has 0 bridgehead atoms. The van der Waals surface area contributed by atoms with Crippen LogP contribution in [-0.4, -0.2) is 15.9 Å². The summed E-state index contributed by atoms with van der Waals surface area (Å²) in [6, 6.07) is 9.67. The first-order valence-corrected chi connectivity index (χ1v) is 9.31. The molecule has 1 N–H and O–H groups in total. The Balaban J connectivity index is 1.64. The van der Waals surface area contributed by atoms with E-state index in [0.717, 1.165) is 35.4 Å². The summed E-state index contributed by atoms with van der Waals surface area (Å²) in [6.07, 6.45) is 2.94. The summed E-state index contributed by atoms with van der Waals surface area (Å²) in [7, 11) is 0. The SMILES string of the molecule is CCc1nc(NC(=O)c2nc(-c3ccccc3)oc2C2CC2)sc1C. The molecule has 0 aliphatic heterocycles. The minimum atomic E-state index is -0.246. The van der Waals surface area contributed by atoms with E-state index in [9.17, 15) is 4.79 Å². The number of benzene rings is 1. The number of aromatic nitrogens is 2. The molecule has 0 radical (unpaired) electrons. The number of hydrogen-bond donors (Lipinski definition) is 1. The number of thiazole rings is 1. The molecule has 128 valence electrons. The molecule has 1 amide bonds. The van der Waals surface area contributed by atoms with Crippen LogP contribution in [0.3, 0.4) is 0 Å². The minimum Gasteiger partial charge on any atom is -0.440 e. The Hall–Kier alpha value is -2.47. The van der Waals surface area contributed by atoms with E-state index in [0.29, 0.717) is 28.4 Å². The normalized spacial score (nSPS) is 13.8. The van der Waals surface area contributed by atoms with Crippen LogP contribution in [0.15, 0.2) is 34.7 Å². The predicted octanol–water partition coefficient (Wildman–Crippen LogP) is 4.80. The molecule has 1 aliphatic carbocycles. The number of nitrogens with one attached hydrogen (secondary N) is 1. The first-order chi connectivity index (χ1) is 12.2. The van der Waals surface area contributed by atoms with E-state index in [-0.39, 0.29) is 5.91 Å². The Kier molecular flexibility index (Phi) is 4.13. The molecular formula is C19H19N3O2S. The zero-order valence-electron chi connectivity index (χ0n) is 14.2. The maximum absolute atomic E-state index is 12.8. The van der Waals surface area contributed by atoms with Crippen molar-refractivity contribution in [1.82, 2.24) is 9.97 Å². The third kappa shape index (κ3) is 3.22. The molecule has 3 aromatic rings. The summed E-state index contributed by atoms with van der Waals surface area (Å²) in [4.78, 5) is 22.8. The van der Waals surface area contributed by atoms with Gasteiger partial charge in [-0.15, -0.1) is 11.3 Å². The topological polar surface area (TPSA) is 68.0 Å². The number of rotatable bonds is 5. The summed E-state index contributed by atoms with van der Waals surface area (Å²) in [5, 5.41) is 3.50. The van der Waals surface area contributed by atoms with Crippen molar-refractivity contribution in [2.75, 3.05) is 5.32 Å². The van der Waals surface area contributed by atoms with Crippen LogP contribution in [-0.2, 0) is 6.42 Å². The lowest BCUT2D eigenvalue weighted by Gasteiger charge is -1.99. The van der Waals surface area contributed by atoms with Crippen LogP contribution >= 0.6 is 11.3 Å². The van der Waals surface area contributed by atoms with Gasteiger partial charge in [0.25, 0.3) is 5.91 Å². The number of aryl methyl sites for hydroxylation is 2. The summed E-state index contributed by atoms with van der Waals surface area (Å²) < 4.78 is 5.94. The Morgan fingerprint density at radius 1 is 1.28 bits per heavy atom. The second-order valence-electron chi connectivity index (χ2n) is 6.20. The lowest BCUT2D eigenvalue weighted by molar-refractivity contribution is 0.102. The Morgan fingerprint density at radius 2 is 2.04 bits per heavy atom. The standard InChI is InChI=1S/C19H19N3O2S/c1-3-14-11(2)25-19(20-14)22-17(23)15-16(12-9-10-12)24-18(21-15)13-7-5-4-6-8-13/h4-8,12H,3,9-10H2,1-2H3,(H,20,22,23). The summed E-state index contributed by atoms with van der Waals surface area (Å²) in [5.41, 5.74) is 2.28. The molecule has 0 spiro atoms. The van der Waals surface area contributed by atoms with E-state index >= 15 is 0 Å². The number of oxazole rings is 1. The zero-order valence-corrected chi connectivity index (χ0v) is 15.0. The summed E-state index contributed by atoms with van der Waals surface area (Å²) in [5.74, 6) is 1.25. The maximum atomic E-state index is 12.8. The summed E-state index contributed by atoms with van der Waals surface area (Å²) in [6.45, 7) is 4.08. The molecule has 4 rings (SSSR count). The van der Waals surface area contributed by atoms with Crippen molar-refractivity contribution in [3.8, 4) is 11.5 Å². The first kappa shape index (κ1) is 16.0. The van der Waals surface area contributed by atoms with Crippen LogP contribution in [0.1, 0.15) is 52.5 Å². The van der Waals surface area contributed by atoms with E-state index in [2.05, 4.69) is 22.2 Å². The van der Waals surface area contributed by atoms with Crippen LogP contribution in [0.2, 0.25) is 0 Å². The average Bonchev–Trinajstić information content (AvgIpc) is 3.27. The molecular weight excluding hydrogens is 334 g/mol. The number of carbonyl (C=O) groups excluding carboxylic acids is 1. The third-order valence-electron chi connectivity index (χ3n) is 4.29. The molecule has 2 aromatic heterocycles. The van der Waals surface area contributed by atoms with E-state index in [1.165, 1.54) is 11.3 Å². The van der Waals surface area contributed by atoms with Crippen molar-refractivity contribution in [2.45, 2.75) is 39.0 Å². The lowest BCUT2D eigenvalue weighted by Crippen LogP contribution is -2.14. The quantitative estimate of drug-likeness (QED) is 0.715. The fourth-order valence-corrected chi connectivity index (χ4v) is 3.68. The van der Waals surface area contributed by atoms with E-state index in [4.69, 9.17) is 4.42 Å². The van der Waals surface area contributed by atoms with Gasteiger partial charge in [0, 0.05) is 16.4 Å². The molecule has 6 heteroatoms. The molecule has 1 aliphatic rings. The maximum Gasteiger partial charge on any atom is 0.279 e. The van der Waals surface area contributed by atoms with Gasteiger partial charge in [0.15, 0.2) is 10.8 Å². The molecule has 0 atom stereocenters. The smallest absolute Gasteiger partial charge is 0.279 e. The van der Waals surface area contributed by atoms with Crippen molar-refractivity contribution >= 4 is 22.4 Å². The van der Waals surface area contributed by atoms with Crippen molar-refractivity contribution < 1.29 is 9.21 Å². The van der Waals surface area contributed by atoms with Crippen molar-refractivity contribution in [2.24, 2.45) is 0 Å². The summed E-state index contributed by atoms with van der Waals surface area (Å²) >= 11 is 1.49. The van der Waals surface area contributed by atoms with Gasteiger partial charge in [-0.05, 0) is 38.3 Å². The van der Waals surface area contributed by atoms with Gasteiger partial charge in [-0.2, -0.15) is 0 Å². The van der Waals surface area contributed by atoms with Crippen molar-refractivity contribution in [1.29, 1.82) is 0 Å². The second-order valence-corrected chi connectivity index (χ2v) is 7.40. The molecule has 1 aromatic carbocycles. The molecule has 25 heavy (non-hydrogen) atoms. The van der Waals surface area contributed by atoms with Gasteiger partial charge in [-0.1, -0.05) is 25.1 Å². The monoisotopic (exact) mass is 353 g/mol. The third-order valence-corrected chi connectivity index (χ3v) is 5.21. The van der Waals surface area contributed by atoms with Crippen LogP contribution in [0, 0.1) is 6.92 Å². The van der Waals surface area contributed by atoms with Gasteiger partial charge in [0.2, 0.25) is 5.89 Å². The van der Waals surface area contributed by atoms with E-state index < -0.39 is 0 Å². The van der Waals surface area contributed by atoms with E-state index in [1.807, 2.05) is 37.3 Å². The van der Waals surface area contributed by atoms with Crippen LogP contribution in [0.25, 0.3) is 11.5 Å². The van der Waals surface area contributed by atoms with Gasteiger partial charge in [0.05, 0.1) is 5.69 Å². The lowest BCUT2D eigenvalue weighted by atomic mass is 10.2.